The van der Waals surface area contributed by atoms with E-state index in [0.29, 0.717) is 5.92 Å². The molecule has 0 saturated carbocycles. The lowest BCUT2D eigenvalue weighted by Crippen LogP contribution is -2.57. The van der Waals surface area contributed by atoms with Crippen molar-refractivity contribution in [3.05, 3.63) is 0 Å². The zero-order chi connectivity index (χ0) is 22.9. The molecule has 8 nitrogen and oxygen atoms in total. The van der Waals surface area contributed by atoms with Gasteiger partial charge in [0.1, 0.15) is 5.60 Å². The third kappa shape index (κ3) is 10.6. The van der Waals surface area contributed by atoms with E-state index in [1.165, 1.54) is 0 Å². The Morgan fingerprint density at radius 2 is 1.77 bits per heavy atom. The maximum Gasteiger partial charge on any atom is 0.407 e. The number of hydrogen-bond donors (Lipinski definition) is 2. The number of likely N-dealkylation sites (N-methyl/N-ethyl adjacent to an activating group) is 1. The van der Waals surface area contributed by atoms with Crippen molar-refractivity contribution in [3.63, 3.8) is 0 Å². The summed E-state index contributed by atoms with van der Waals surface area (Å²) < 4.78 is 11.0. The number of alkyl carbamates (subject to hydrolysis) is 1. The summed E-state index contributed by atoms with van der Waals surface area (Å²) in [6, 6.07) is 0.0315. The van der Waals surface area contributed by atoms with Gasteiger partial charge in [0.2, 0.25) is 0 Å². The van der Waals surface area contributed by atoms with Crippen LogP contribution in [0.25, 0.3) is 0 Å². The number of halogens is 1. The number of guanidine groups is 1. The smallest absolute Gasteiger partial charge is 0.407 e. The third-order valence-corrected chi connectivity index (χ3v) is 5.80. The summed E-state index contributed by atoms with van der Waals surface area (Å²) in [5.74, 6) is 1.17. The van der Waals surface area contributed by atoms with Crippen LogP contribution in [0.5, 0.6) is 0 Å². The summed E-state index contributed by atoms with van der Waals surface area (Å²) in [6.45, 7) is 13.0. The molecule has 9 heteroatoms. The van der Waals surface area contributed by atoms with Crippen molar-refractivity contribution in [3.8, 4) is 0 Å². The first-order valence-corrected chi connectivity index (χ1v) is 11.1. The molecule has 1 unspecified atom stereocenters. The van der Waals surface area contributed by atoms with Gasteiger partial charge in [-0.25, -0.2) is 4.79 Å². The van der Waals surface area contributed by atoms with Crippen molar-refractivity contribution < 1.29 is 14.3 Å². The van der Waals surface area contributed by atoms with Crippen LogP contribution in [-0.4, -0.2) is 93.5 Å². The number of amides is 1. The summed E-state index contributed by atoms with van der Waals surface area (Å²) in [5, 5.41) is 6.57. The van der Waals surface area contributed by atoms with Crippen LogP contribution in [0.4, 0.5) is 4.79 Å². The second kappa shape index (κ2) is 13.7. The van der Waals surface area contributed by atoms with Gasteiger partial charge in [0.15, 0.2) is 5.96 Å². The average molecular weight is 556 g/mol. The first-order chi connectivity index (χ1) is 13.9. The molecule has 1 aliphatic rings. The molecule has 2 N–H and O–H groups in total. The van der Waals surface area contributed by atoms with E-state index in [1.807, 2.05) is 34.9 Å². The zero-order valence-corrected chi connectivity index (χ0v) is 23.4. The second-order valence-corrected chi connectivity index (χ2v) is 9.84. The Morgan fingerprint density at radius 3 is 2.23 bits per heavy atom. The van der Waals surface area contributed by atoms with E-state index in [4.69, 9.17) is 9.47 Å². The Balaban J connectivity index is 0.00000900. The summed E-state index contributed by atoms with van der Waals surface area (Å²) >= 11 is 0. The quantitative estimate of drug-likeness (QED) is 0.272. The monoisotopic (exact) mass is 555 g/mol. The molecular formula is C22H46IN5O3. The summed E-state index contributed by atoms with van der Waals surface area (Å²) in [6.07, 6.45) is 2.45. The molecule has 1 rings (SSSR count). The van der Waals surface area contributed by atoms with E-state index in [0.717, 1.165) is 51.5 Å². The highest BCUT2D eigenvalue weighted by atomic mass is 127. The molecule has 1 aliphatic heterocycles. The molecule has 1 amide bonds. The largest absolute Gasteiger partial charge is 0.444 e. The normalized spacial score (nSPS) is 17.7. The number of aliphatic imine (C=N–C) groups is 1. The SMILES string of the molecule is CN=C(NCC1(N(C)C)CCOCC1)N(C)CCC(NC(=O)OC(C)(C)C)C(C)C.I. The molecule has 0 aliphatic carbocycles. The number of carbonyl (C=O) groups excluding carboxylic acids is 1. The average Bonchev–Trinajstić information content (AvgIpc) is 2.64. The number of rotatable bonds is 8. The van der Waals surface area contributed by atoms with Gasteiger partial charge in [-0.05, 0) is 60.0 Å². The van der Waals surface area contributed by atoms with Crippen LogP contribution in [0, 0.1) is 5.92 Å². The van der Waals surface area contributed by atoms with E-state index in [2.05, 4.69) is 53.4 Å². The van der Waals surface area contributed by atoms with E-state index in [9.17, 15) is 4.79 Å². The fourth-order valence-electron chi connectivity index (χ4n) is 3.63. The van der Waals surface area contributed by atoms with Crippen molar-refractivity contribution in [2.75, 3.05) is 54.5 Å². The molecule has 0 bridgehead atoms. The third-order valence-electron chi connectivity index (χ3n) is 5.80. The lowest BCUT2D eigenvalue weighted by atomic mass is 9.88. The van der Waals surface area contributed by atoms with Gasteiger partial charge < -0.3 is 29.9 Å². The molecule has 0 aromatic carbocycles. The van der Waals surface area contributed by atoms with Crippen LogP contribution >= 0.6 is 24.0 Å². The molecule has 31 heavy (non-hydrogen) atoms. The fourth-order valence-corrected chi connectivity index (χ4v) is 3.63. The molecule has 1 fully saturated rings. The van der Waals surface area contributed by atoms with Crippen molar-refractivity contribution in [1.82, 2.24) is 20.4 Å². The Kier molecular flexibility index (Phi) is 13.3. The van der Waals surface area contributed by atoms with Gasteiger partial charge in [0, 0.05) is 52.0 Å². The first-order valence-electron chi connectivity index (χ1n) is 11.1. The maximum absolute atomic E-state index is 12.2. The highest BCUT2D eigenvalue weighted by molar-refractivity contribution is 14.0. The second-order valence-electron chi connectivity index (χ2n) is 9.84. The molecule has 0 aromatic heterocycles. The number of ether oxygens (including phenoxy) is 2. The Hall–Kier alpha value is -0.810. The van der Waals surface area contributed by atoms with E-state index < -0.39 is 5.60 Å². The van der Waals surface area contributed by atoms with Gasteiger partial charge in [0.05, 0.1) is 0 Å². The summed E-state index contributed by atoms with van der Waals surface area (Å²) in [4.78, 5) is 21.1. The minimum atomic E-state index is -0.499. The molecule has 1 atom stereocenters. The van der Waals surface area contributed by atoms with Gasteiger partial charge >= 0.3 is 6.09 Å². The first kappa shape index (κ1) is 30.2. The molecule has 0 radical (unpaired) electrons. The van der Waals surface area contributed by atoms with Crippen LogP contribution in [-0.2, 0) is 9.47 Å². The number of nitrogens with one attached hydrogen (secondary N) is 2. The van der Waals surface area contributed by atoms with Crippen molar-refractivity contribution in [2.24, 2.45) is 10.9 Å². The predicted octanol–water partition coefficient (Wildman–Crippen LogP) is 3.16. The van der Waals surface area contributed by atoms with E-state index in [-0.39, 0.29) is 41.7 Å². The van der Waals surface area contributed by atoms with Crippen LogP contribution in [0.15, 0.2) is 4.99 Å². The Labute approximate surface area is 206 Å². The standard InChI is InChI=1S/C22H45N5O3.HI/c1-17(2)18(25-20(28)30-21(3,4)5)10-13-27(9)19(23-6)24-16-22(26(7)8)11-14-29-15-12-22;/h17-18H,10-16H2,1-9H3,(H,23,24)(H,25,28);1H. The van der Waals surface area contributed by atoms with Gasteiger partial charge in [-0.15, -0.1) is 24.0 Å². The molecular weight excluding hydrogens is 509 g/mol. The van der Waals surface area contributed by atoms with E-state index >= 15 is 0 Å². The van der Waals surface area contributed by atoms with Gasteiger partial charge in [0.25, 0.3) is 0 Å². The van der Waals surface area contributed by atoms with Crippen molar-refractivity contribution in [2.45, 2.75) is 71.1 Å². The van der Waals surface area contributed by atoms with Crippen molar-refractivity contribution >= 4 is 36.0 Å². The topological polar surface area (TPSA) is 78.4 Å². The predicted molar refractivity (Wildman–Crippen MR) is 138 cm³/mol. The summed E-state index contributed by atoms with van der Waals surface area (Å²) in [5.41, 5.74) is -0.422. The van der Waals surface area contributed by atoms with Crippen molar-refractivity contribution in [1.29, 1.82) is 0 Å². The Morgan fingerprint density at radius 1 is 1.19 bits per heavy atom. The molecule has 0 aromatic rings. The lowest BCUT2D eigenvalue weighted by Gasteiger charge is -2.43. The lowest BCUT2D eigenvalue weighted by molar-refractivity contribution is -0.00522. The minimum absolute atomic E-state index is 0. The zero-order valence-electron chi connectivity index (χ0n) is 21.1. The number of hydrogen-bond acceptors (Lipinski definition) is 5. The van der Waals surface area contributed by atoms with E-state index in [1.54, 1.807) is 0 Å². The molecule has 184 valence electrons. The number of nitrogens with zero attached hydrogens (tertiary/aromatic N) is 3. The highest BCUT2D eigenvalue weighted by Gasteiger charge is 2.35. The number of carbonyl (C=O) groups is 1. The van der Waals surface area contributed by atoms with Crippen LogP contribution in [0.2, 0.25) is 0 Å². The van der Waals surface area contributed by atoms with Crippen LogP contribution < -0.4 is 10.6 Å². The van der Waals surface area contributed by atoms with Gasteiger partial charge in [-0.3, -0.25) is 4.99 Å². The Bertz CT molecular complexity index is 558. The fraction of sp³-hybridized carbons (Fsp3) is 0.909. The van der Waals surface area contributed by atoms with Gasteiger partial charge in [-0.2, -0.15) is 0 Å². The molecule has 1 saturated heterocycles. The summed E-state index contributed by atoms with van der Waals surface area (Å²) in [7, 11) is 8.11. The van der Waals surface area contributed by atoms with Gasteiger partial charge in [-0.1, -0.05) is 13.8 Å². The highest BCUT2D eigenvalue weighted by Crippen LogP contribution is 2.25. The molecule has 0 spiro atoms. The molecule has 1 heterocycles. The maximum atomic E-state index is 12.2. The van der Waals surface area contributed by atoms with Crippen LogP contribution in [0.1, 0.15) is 53.9 Å². The van der Waals surface area contributed by atoms with Crippen LogP contribution in [0.3, 0.4) is 0 Å². The minimum Gasteiger partial charge on any atom is -0.444 e.